The van der Waals surface area contributed by atoms with Crippen LogP contribution in [0.1, 0.15) is 41.0 Å². The Balaban J connectivity index is 1.95. The van der Waals surface area contributed by atoms with Crippen molar-refractivity contribution in [2.45, 2.75) is 40.0 Å². The quantitative estimate of drug-likeness (QED) is 0.395. The fraction of sp³-hybridized carbons (Fsp3) is 0.292. The highest BCUT2D eigenvalue weighted by molar-refractivity contribution is 6.30. The molecule has 0 radical (unpaired) electrons. The summed E-state index contributed by atoms with van der Waals surface area (Å²) in [6.07, 6.45) is -2.80. The van der Waals surface area contributed by atoms with E-state index in [4.69, 9.17) is 11.6 Å². The minimum atomic E-state index is -4.67. The van der Waals surface area contributed by atoms with Gasteiger partial charge in [-0.05, 0) is 59.9 Å². The first kappa shape index (κ1) is 23.9. The maximum Gasteiger partial charge on any atom is 0.416 e. The van der Waals surface area contributed by atoms with Crippen molar-refractivity contribution in [3.63, 3.8) is 0 Å². The zero-order valence-electron chi connectivity index (χ0n) is 17.9. The van der Waals surface area contributed by atoms with Crippen molar-refractivity contribution >= 4 is 17.5 Å². The highest BCUT2D eigenvalue weighted by Gasteiger charge is 2.31. The Morgan fingerprint density at radius 2 is 1.78 bits per heavy atom. The SMILES string of the molecule is Cc1cn(CC(C)C)c(C(=O)NCc2cc(F)cc(C(F)(F)F)c2)c1-c1ccc(Cl)cc1. The monoisotopic (exact) mass is 466 g/mol. The van der Waals surface area contributed by atoms with Gasteiger partial charge < -0.3 is 9.88 Å². The van der Waals surface area contributed by atoms with Crippen LogP contribution in [0.15, 0.2) is 48.7 Å². The average Bonchev–Trinajstić information content (AvgIpc) is 3.00. The lowest BCUT2D eigenvalue weighted by Crippen LogP contribution is -2.27. The summed E-state index contributed by atoms with van der Waals surface area (Å²) in [7, 11) is 0. The molecule has 0 atom stereocenters. The summed E-state index contributed by atoms with van der Waals surface area (Å²) in [5, 5.41) is 3.21. The second kappa shape index (κ2) is 9.36. The number of carbonyl (C=O) groups excluding carboxylic acids is 1. The van der Waals surface area contributed by atoms with Gasteiger partial charge in [-0.3, -0.25) is 4.79 Å². The molecule has 0 aliphatic heterocycles. The fourth-order valence-corrected chi connectivity index (χ4v) is 3.76. The zero-order valence-corrected chi connectivity index (χ0v) is 18.6. The lowest BCUT2D eigenvalue weighted by atomic mass is 10.0. The van der Waals surface area contributed by atoms with Crippen LogP contribution in [0.25, 0.3) is 11.1 Å². The number of nitrogens with zero attached hydrogens (tertiary/aromatic N) is 1. The predicted molar refractivity (Wildman–Crippen MR) is 117 cm³/mol. The normalized spacial score (nSPS) is 11.8. The molecule has 3 nitrogen and oxygen atoms in total. The van der Waals surface area contributed by atoms with Crippen LogP contribution in [-0.2, 0) is 19.3 Å². The van der Waals surface area contributed by atoms with E-state index in [1.54, 1.807) is 12.1 Å². The van der Waals surface area contributed by atoms with Gasteiger partial charge in [-0.1, -0.05) is 37.6 Å². The molecule has 0 aliphatic rings. The third-order valence-electron chi connectivity index (χ3n) is 4.92. The van der Waals surface area contributed by atoms with Gasteiger partial charge in [-0.25, -0.2) is 4.39 Å². The summed E-state index contributed by atoms with van der Waals surface area (Å²) < 4.78 is 54.5. The number of hydrogen-bond acceptors (Lipinski definition) is 1. The van der Waals surface area contributed by atoms with E-state index < -0.39 is 23.5 Å². The van der Waals surface area contributed by atoms with Crippen LogP contribution in [0.3, 0.4) is 0 Å². The minimum absolute atomic E-state index is 0.0254. The third-order valence-corrected chi connectivity index (χ3v) is 5.17. The lowest BCUT2D eigenvalue weighted by Gasteiger charge is -2.15. The van der Waals surface area contributed by atoms with Crippen molar-refractivity contribution in [3.05, 3.63) is 81.9 Å². The average molecular weight is 467 g/mol. The van der Waals surface area contributed by atoms with Crippen molar-refractivity contribution in [2.75, 3.05) is 0 Å². The van der Waals surface area contributed by atoms with Crippen LogP contribution in [0.2, 0.25) is 5.02 Å². The summed E-state index contributed by atoms with van der Waals surface area (Å²) in [6.45, 7) is 6.26. The number of hydrogen-bond donors (Lipinski definition) is 1. The smallest absolute Gasteiger partial charge is 0.347 e. The van der Waals surface area contributed by atoms with Crippen LogP contribution in [-0.4, -0.2) is 10.5 Å². The Hall–Kier alpha value is -2.80. The number of benzene rings is 2. The van der Waals surface area contributed by atoms with Gasteiger partial charge in [0.1, 0.15) is 11.5 Å². The molecule has 0 saturated carbocycles. The van der Waals surface area contributed by atoms with Crippen LogP contribution in [0.4, 0.5) is 17.6 Å². The Morgan fingerprint density at radius 3 is 2.38 bits per heavy atom. The second-order valence-electron chi connectivity index (χ2n) is 8.12. The largest absolute Gasteiger partial charge is 0.416 e. The number of amides is 1. The fourth-order valence-electron chi connectivity index (χ4n) is 3.64. The molecule has 1 amide bonds. The molecule has 1 aromatic heterocycles. The molecule has 0 unspecified atom stereocenters. The van der Waals surface area contributed by atoms with E-state index in [1.165, 1.54) is 0 Å². The molecule has 0 spiro atoms. The van der Waals surface area contributed by atoms with Gasteiger partial charge in [0.2, 0.25) is 0 Å². The maximum atomic E-state index is 13.7. The highest BCUT2D eigenvalue weighted by atomic mass is 35.5. The number of rotatable bonds is 6. The zero-order chi connectivity index (χ0) is 23.6. The van der Waals surface area contributed by atoms with E-state index in [1.807, 2.05) is 43.7 Å². The Morgan fingerprint density at radius 1 is 1.12 bits per heavy atom. The molecule has 170 valence electrons. The van der Waals surface area contributed by atoms with Crippen molar-refractivity contribution in [1.82, 2.24) is 9.88 Å². The first-order chi connectivity index (χ1) is 15.0. The van der Waals surface area contributed by atoms with E-state index in [0.29, 0.717) is 23.3 Å². The number of alkyl halides is 3. The molecular weight excluding hydrogens is 444 g/mol. The summed E-state index contributed by atoms with van der Waals surface area (Å²) in [4.78, 5) is 13.2. The first-order valence-corrected chi connectivity index (χ1v) is 10.4. The number of carbonyl (C=O) groups is 1. The van der Waals surface area contributed by atoms with Crippen LogP contribution >= 0.6 is 11.6 Å². The van der Waals surface area contributed by atoms with Gasteiger partial charge in [0.25, 0.3) is 5.91 Å². The maximum absolute atomic E-state index is 13.7. The Kier molecular flexibility index (Phi) is 6.98. The van der Waals surface area contributed by atoms with E-state index in [0.717, 1.165) is 28.8 Å². The van der Waals surface area contributed by atoms with Gasteiger partial charge >= 0.3 is 6.18 Å². The number of halogens is 5. The minimum Gasteiger partial charge on any atom is -0.347 e. The summed E-state index contributed by atoms with van der Waals surface area (Å²) in [5.74, 6) is -1.21. The second-order valence-corrected chi connectivity index (χ2v) is 8.55. The van der Waals surface area contributed by atoms with Gasteiger partial charge in [0.05, 0.1) is 5.56 Å². The van der Waals surface area contributed by atoms with Gasteiger partial charge in [-0.2, -0.15) is 13.2 Å². The molecule has 0 aliphatic carbocycles. The highest BCUT2D eigenvalue weighted by Crippen LogP contribution is 2.32. The molecule has 0 bridgehead atoms. The molecule has 2 aromatic carbocycles. The van der Waals surface area contributed by atoms with Crippen LogP contribution in [0.5, 0.6) is 0 Å². The Bertz CT molecular complexity index is 1120. The number of aryl methyl sites for hydroxylation is 1. The molecular formula is C24H23ClF4N2O. The molecule has 3 aromatic rings. The molecule has 1 N–H and O–H groups in total. The van der Waals surface area contributed by atoms with Crippen LogP contribution in [0, 0.1) is 18.7 Å². The van der Waals surface area contributed by atoms with Crippen molar-refractivity contribution < 1.29 is 22.4 Å². The molecule has 1 heterocycles. The molecule has 3 rings (SSSR count). The number of nitrogens with one attached hydrogen (secondary N) is 1. The van der Waals surface area contributed by atoms with Gasteiger partial charge in [0.15, 0.2) is 0 Å². The van der Waals surface area contributed by atoms with Crippen molar-refractivity contribution in [2.24, 2.45) is 5.92 Å². The van der Waals surface area contributed by atoms with E-state index >= 15 is 0 Å². The van der Waals surface area contributed by atoms with Crippen molar-refractivity contribution in [3.8, 4) is 11.1 Å². The van der Waals surface area contributed by atoms with Crippen LogP contribution < -0.4 is 5.32 Å². The summed E-state index contributed by atoms with van der Waals surface area (Å²) >= 11 is 6.00. The molecule has 0 fully saturated rings. The van der Waals surface area contributed by atoms with E-state index in [2.05, 4.69) is 5.32 Å². The van der Waals surface area contributed by atoms with Gasteiger partial charge in [-0.15, -0.1) is 0 Å². The summed E-state index contributed by atoms with van der Waals surface area (Å²) in [5.41, 5.74) is 1.72. The third kappa shape index (κ3) is 5.51. The summed E-state index contributed by atoms with van der Waals surface area (Å²) in [6, 6.07) is 9.32. The lowest BCUT2D eigenvalue weighted by molar-refractivity contribution is -0.137. The standard InChI is InChI=1S/C24H23ClF4N2O/c1-14(2)12-31-13-15(3)21(17-4-6-19(25)7-5-17)22(31)23(32)30-11-16-8-18(24(27,28)29)10-20(26)9-16/h4-10,13-14H,11-12H2,1-3H3,(H,30,32). The topological polar surface area (TPSA) is 34.0 Å². The molecule has 8 heteroatoms. The van der Waals surface area contributed by atoms with Crippen molar-refractivity contribution in [1.29, 1.82) is 0 Å². The molecule has 0 saturated heterocycles. The molecule has 32 heavy (non-hydrogen) atoms. The number of aromatic nitrogens is 1. The van der Waals surface area contributed by atoms with E-state index in [-0.39, 0.29) is 18.0 Å². The Labute approximate surface area is 189 Å². The predicted octanol–water partition coefficient (Wildman–Crippen LogP) is 6.86. The first-order valence-electron chi connectivity index (χ1n) is 10.1. The van der Waals surface area contributed by atoms with Gasteiger partial charge in [0, 0.05) is 29.9 Å². The van der Waals surface area contributed by atoms with E-state index in [9.17, 15) is 22.4 Å².